The van der Waals surface area contributed by atoms with E-state index in [2.05, 4.69) is 15.5 Å². The van der Waals surface area contributed by atoms with E-state index in [1.54, 1.807) is 43.5 Å². The number of benzene rings is 2. The Labute approximate surface area is 171 Å². The topological polar surface area (TPSA) is 86.5 Å². The number of hydrogen-bond donors (Lipinski definition) is 1. The number of carbonyl (C=O) groups excluding carboxylic acids is 1. The highest BCUT2D eigenvalue weighted by Gasteiger charge is 2.11. The Bertz CT molecular complexity index is 947. The molecular weight excluding hydrogens is 402 g/mol. The summed E-state index contributed by atoms with van der Waals surface area (Å²) in [6.45, 7) is 2.03. The highest BCUT2D eigenvalue weighted by Crippen LogP contribution is 2.23. The predicted molar refractivity (Wildman–Crippen MR) is 107 cm³/mol. The van der Waals surface area contributed by atoms with Crippen molar-refractivity contribution in [2.75, 3.05) is 18.2 Å². The van der Waals surface area contributed by atoms with E-state index in [1.165, 1.54) is 0 Å². The summed E-state index contributed by atoms with van der Waals surface area (Å²) < 4.78 is 16.2. The van der Waals surface area contributed by atoms with E-state index in [0.717, 1.165) is 23.1 Å². The lowest BCUT2D eigenvalue weighted by Crippen LogP contribution is -2.13. The predicted octanol–water partition coefficient (Wildman–Crippen LogP) is 4.35. The Hall–Kier alpha value is -2.71. The summed E-state index contributed by atoms with van der Waals surface area (Å²) in [4.78, 5) is 12.0. The minimum Gasteiger partial charge on any atom is -0.497 e. The normalized spacial score (nSPS) is 10.5. The van der Waals surface area contributed by atoms with Crippen molar-refractivity contribution in [3.05, 3.63) is 58.9 Å². The first-order valence-electron chi connectivity index (χ1n) is 8.31. The number of amides is 1. The van der Waals surface area contributed by atoms with E-state index in [9.17, 15) is 4.79 Å². The number of methoxy groups -OCH3 is 1. The fourth-order valence-electron chi connectivity index (χ4n) is 2.27. The standard InChI is InChI=1S/C19H18ClN3O4S/c1-12-9-13(20)3-8-16(12)26-10-18-22-23-19(27-18)28-11-17(24)21-14-4-6-15(25-2)7-5-14/h3-9H,10-11H2,1-2H3,(H,21,24). The highest BCUT2D eigenvalue weighted by molar-refractivity contribution is 7.99. The Morgan fingerprint density at radius 3 is 2.71 bits per heavy atom. The lowest BCUT2D eigenvalue weighted by Gasteiger charge is -2.06. The third-order valence-corrected chi connectivity index (χ3v) is 4.69. The van der Waals surface area contributed by atoms with Gasteiger partial charge in [-0.15, -0.1) is 10.2 Å². The van der Waals surface area contributed by atoms with E-state index < -0.39 is 0 Å². The van der Waals surface area contributed by atoms with Crippen molar-refractivity contribution in [3.63, 3.8) is 0 Å². The summed E-state index contributed by atoms with van der Waals surface area (Å²) in [6.07, 6.45) is 0. The van der Waals surface area contributed by atoms with Crippen LogP contribution in [-0.2, 0) is 11.4 Å². The Kier molecular flexibility index (Phi) is 6.78. The molecule has 0 aliphatic carbocycles. The third kappa shape index (κ3) is 5.64. The van der Waals surface area contributed by atoms with Gasteiger partial charge in [0.25, 0.3) is 11.1 Å². The maximum Gasteiger partial charge on any atom is 0.277 e. The average Bonchev–Trinajstić information content (AvgIpc) is 3.14. The van der Waals surface area contributed by atoms with Gasteiger partial charge in [-0.3, -0.25) is 4.79 Å². The maximum atomic E-state index is 12.0. The molecule has 0 fully saturated rings. The molecule has 0 spiro atoms. The second kappa shape index (κ2) is 9.48. The van der Waals surface area contributed by atoms with Crippen molar-refractivity contribution in [3.8, 4) is 11.5 Å². The van der Waals surface area contributed by atoms with Crippen molar-refractivity contribution in [2.45, 2.75) is 18.8 Å². The minimum absolute atomic E-state index is 0.133. The molecule has 1 amide bonds. The molecule has 0 aliphatic heterocycles. The van der Waals surface area contributed by atoms with Crippen LogP contribution >= 0.6 is 23.4 Å². The molecule has 0 aliphatic rings. The summed E-state index contributed by atoms with van der Waals surface area (Å²) in [5, 5.41) is 11.6. The van der Waals surface area contributed by atoms with Crippen LogP contribution in [0.1, 0.15) is 11.5 Å². The molecule has 0 saturated heterocycles. The quantitative estimate of drug-likeness (QED) is 0.543. The van der Waals surface area contributed by atoms with Crippen LogP contribution in [0.15, 0.2) is 52.1 Å². The van der Waals surface area contributed by atoms with E-state index in [-0.39, 0.29) is 18.3 Å². The van der Waals surface area contributed by atoms with E-state index in [4.69, 9.17) is 25.5 Å². The van der Waals surface area contributed by atoms with Crippen LogP contribution in [-0.4, -0.2) is 29.0 Å². The molecule has 1 N–H and O–H groups in total. The number of hydrogen-bond acceptors (Lipinski definition) is 7. The molecule has 146 valence electrons. The van der Waals surface area contributed by atoms with Gasteiger partial charge >= 0.3 is 0 Å². The second-order valence-corrected chi connectivity index (χ2v) is 7.09. The largest absolute Gasteiger partial charge is 0.497 e. The van der Waals surface area contributed by atoms with Crippen molar-refractivity contribution in [1.82, 2.24) is 10.2 Å². The maximum absolute atomic E-state index is 12.0. The zero-order valence-electron chi connectivity index (χ0n) is 15.3. The number of carbonyl (C=O) groups is 1. The number of aromatic nitrogens is 2. The molecule has 3 aromatic rings. The fourth-order valence-corrected chi connectivity index (χ4v) is 3.07. The van der Waals surface area contributed by atoms with Gasteiger partial charge in [0.05, 0.1) is 12.9 Å². The molecule has 0 atom stereocenters. The molecule has 1 aromatic heterocycles. The van der Waals surface area contributed by atoms with Crippen LogP contribution in [0.3, 0.4) is 0 Å². The molecule has 0 unspecified atom stereocenters. The van der Waals surface area contributed by atoms with Gasteiger partial charge in [0, 0.05) is 10.7 Å². The Morgan fingerprint density at radius 1 is 1.21 bits per heavy atom. The average molecular weight is 420 g/mol. The van der Waals surface area contributed by atoms with Gasteiger partial charge < -0.3 is 19.2 Å². The fraction of sp³-hybridized carbons (Fsp3) is 0.211. The summed E-state index contributed by atoms with van der Waals surface area (Å²) in [7, 11) is 1.59. The van der Waals surface area contributed by atoms with Gasteiger partial charge in [-0.1, -0.05) is 23.4 Å². The summed E-state index contributed by atoms with van der Waals surface area (Å²) in [5.74, 6) is 1.71. The number of anilines is 1. The molecule has 1 heterocycles. The van der Waals surface area contributed by atoms with Crippen LogP contribution in [0.4, 0.5) is 5.69 Å². The highest BCUT2D eigenvalue weighted by atomic mass is 35.5. The minimum atomic E-state index is -0.178. The van der Waals surface area contributed by atoms with Crippen molar-refractivity contribution >= 4 is 35.0 Å². The number of nitrogens with one attached hydrogen (secondary N) is 1. The summed E-state index contributed by atoms with van der Waals surface area (Å²) in [6, 6.07) is 12.4. The van der Waals surface area contributed by atoms with Crippen molar-refractivity contribution < 1.29 is 18.7 Å². The van der Waals surface area contributed by atoms with Crippen LogP contribution < -0.4 is 14.8 Å². The summed E-state index contributed by atoms with van der Waals surface area (Å²) >= 11 is 7.08. The molecule has 7 nitrogen and oxygen atoms in total. The van der Waals surface area contributed by atoms with Crippen molar-refractivity contribution in [2.24, 2.45) is 0 Å². The Balaban J connectivity index is 1.46. The molecule has 0 radical (unpaired) electrons. The monoisotopic (exact) mass is 419 g/mol. The number of nitrogens with zero attached hydrogens (tertiary/aromatic N) is 2. The molecule has 9 heteroatoms. The molecule has 3 rings (SSSR count). The molecule has 28 heavy (non-hydrogen) atoms. The van der Waals surface area contributed by atoms with Gasteiger partial charge in [0.1, 0.15) is 11.5 Å². The smallest absolute Gasteiger partial charge is 0.277 e. The van der Waals surface area contributed by atoms with Crippen LogP contribution in [0.5, 0.6) is 11.5 Å². The lowest BCUT2D eigenvalue weighted by atomic mass is 10.2. The second-order valence-electron chi connectivity index (χ2n) is 5.73. The number of halogens is 1. The van der Waals surface area contributed by atoms with Crippen molar-refractivity contribution in [1.29, 1.82) is 0 Å². The number of ether oxygens (including phenoxy) is 2. The molecule has 2 aromatic carbocycles. The van der Waals surface area contributed by atoms with Gasteiger partial charge in [-0.05, 0) is 55.0 Å². The first-order chi connectivity index (χ1) is 13.5. The first-order valence-corrected chi connectivity index (χ1v) is 9.68. The van der Waals surface area contributed by atoms with Crippen LogP contribution in [0.25, 0.3) is 0 Å². The number of rotatable bonds is 8. The van der Waals surface area contributed by atoms with Gasteiger partial charge in [-0.2, -0.15) is 0 Å². The zero-order chi connectivity index (χ0) is 19.9. The third-order valence-electron chi connectivity index (χ3n) is 3.64. The number of aryl methyl sites for hydroxylation is 1. The molecular formula is C19H18ClN3O4S. The van der Waals surface area contributed by atoms with Gasteiger partial charge in [0.15, 0.2) is 6.61 Å². The van der Waals surface area contributed by atoms with Crippen LogP contribution in [0.2, 0.25) is 5.02 Å². The first kappa shape index (κ1) is 20.0. The van der Waals surface area contributed by atoms with E-state index in [1.807, 2.05) is 13.0 Å². The SMILES string of the molecule is COc1ccc(NC(=O)CSc2nnc(COc3ccc(Cl)cc3C)o2)cc1. The van der Waals surface area contributed by atoms with Crippen LogP contribution in [0, 0.1) is 6.92 Å². The van der Waals surface area contributed by atoms with Gasteiger partial charge in [0.2, 0.25) is 5.91 Å². The van der Waals surface area contributed by atoms with E-state index >= 15 is 0 Å². The van der Waals surface area contributed by atoms with Gasteiger partial charge in [-0.25, -0.2) is 0 Å². The Morgan fingerprint density at radius 2 is 2.00 bits per heavy atom. The zero-order valence-corrected chi connectivity index (χ0v) is 16.8. The molecule has 0 bridgehead atoms. The lowest BCUT2D eigenvalue weighted by molar-refractivity contribution is -0.113. The van der Waals surface area contributed by atoms with E-state index in [0.29, 0.717) is 27.6 Å². The molecule has 0 saturated carbocycles. The number of thioether (sulfide) groups is 1. The summed E-state index contributed by atoms with van der Waals surface area (Å²) in [5.41, 5.74) is 1.60.